The van der Waals surface area contributed by atoms with Crippen molar-refractivity contribution >= 4 is 16.0 Å². The lowest BCUT2D eigenvalue weighted by atomic mass is 10.0. The monoisotopic (exact) mass is 349 g/mol. The van der Waals surface area contributed by atoms with Crippen molar-refractivity contribution in [2.75, 3.05) is 13.1 Å². The zero-order chi connectivity index (χ0) is 17.5. The molecule has 3 rings (SSSR count). The third kappa shape index (κ3) is 2.83. The molecule has 7 nitrogen and oxygen atoms in total. The van der Waals surface area contributed by atoms with Gasteiger partial charge >= 0.3 is 5.97 Å². The molecule has 24 heavy (non-hydrogen) atoms. The van der Waals surface area contributed by atoms with Crippen LogP contribution in [0.4, 0.5) is 0 Å². The Kier molecular flexibility index (Phi) is 4.18. The minimum Gasteiger partial charge on any atom is -0.478 e. The summed E-state index contributed by atoms with van der Waals surface area (Å²) in [5.41, 5.74) is 2.74. The van der Waals surface area contributed by atoms with E-state index in [9.17, 15) is 13.2 Å². The fourth-order valence-electron chi connectivity index (χ4n) is 3.11. The Morgan fingerprint density at radius 2 is 1.88 bits per heavy atom. The van der Waals surface area contributed by atoms with Crippen molar-refractivity contribution in [1.82, 2.24) is 14.1 Å². The topological polar surface area (TPSA) is 92.5 Å². The molecule has 128 valence electrons. The van der Waals surface area contributed by atoms with Crippen LogP contribution in [-0.2, 0) is 29.9 Å². The van der Waals surface area contributed by atoms with Crippen molar-refractivity contribution in [2.45, 2.75) is 24.8 Å². The Morgan fingerprint density at radius 1 is 1.21 bits per heavy atom. The van der Waals surface area contributed by atoms with Crippen molar-refractivity contribution in [2.24, 2.45) is 7.05 Å². The molecule has 2 aromatic rings. The van der Waals surface area contributed by atoms with Crippen LogP contribution in [0.5, 0.6) is 0 Å². The number of aromatic nitrogens is 2. The minimum absolute atomic E-state index is 0.208. The molecule has 0 aliphatic carbocycles. The van der Waals surface area contributed by atoms with Crippen molar-refractivity contribution in [3.05, 3.63) is 46.6 Å². The van der Waals surface area contributed by atoms with Gasteiger partial charge in [-0.2, -0.15) is 9.40 Å². The zero-order valence-corrected chi connectivity index (χ0v) is 14.4. The summed E-state index contributed by atoms with van der Waals surface area (Å²) in [4.78, 5) is 11.1. The molecule has 2 heterocycles. The maximum absolute atomic E-state index is 12.9. The number of aromatic carboxylic acids is 1. The molecule has 0 saturated heterocycles. The highest BCUT2D eigenvalue weighted by Crippen LogP contribution is 2.24. The van der Waals surface area contributed by atoms with E-state index >= 15 is 0 Å². The summed E-state index contributed by atoms with van der Waals surface area (Å²) in [7, 11) is -2.01. The van der Waals surface area contributed by atoms with E-state index in [1.807, 2.05) is 0 Å². The molecular formula is C16H19N3O4S. The third-order valence-corrected chi connectivity index (χ3v) is 6.47. The minimum atomic E-state index is -3.63. The number of sulfonamides is 1. The quantitative estimate of drug-likeness (QED) is 0.899. The SMILES string of the molecule is Cc1cnn(C)c1S(=O)(=O)N1CCc2ccc(C(=O)O)cc2CC1. The lowest BCUT2D eigenvalue weighted by Crippen LogP contribution is -2.34. The molecule has 8 heteroatoms. The first-order chi connectivity index (χ1) is 11.3. The van der Waals surface area contributed by atoms with Gasteiger partial charge in [-0.1, -0.05) is 6.07 Å². The molecule has 1 aromatic carbocycles. The van der Waals surface area contributed by atoms with Crippen LogP contribution in [0.25, 0.3) is 0 Å². The highest BCUT2D eigenvalue weighted by atomic mass is 32.2. The van der Waals surface area contributed by atoms with E-state index < -0.39 is 16.0 Å². The van der Waals surface area contributed by atoms with Crippen LogP contribution in [-0.4, -0.2) is 46.7 Å². The smallest absolute Gasteiger partial charge is 0.335 e. The van der Waals surface area contributed by atoms with Crippen LogP contribution < -0.4 is 0 Å². The van der Waals surface area contributed by atoms with Gasteiger partial charge in [0.05, 0.1) is 11.8 Å². The Hall–Kier alpha value is -2.19. The van der Waals surface area contributed by atoms with Crippen LogP contribution in [0.3, 0.4) is 0 Å². The van der Waals surface area contributed by atoms with Crippen LogP contribution in [0.2, 0.25) is 0 Å². The van der Waals surface area contributed by atoms with E-state index in [-0.39, 0.29) is 10.6 Å². The average molecular weight is 349 g/mol. The van der Waals surface area contributed by atoms with Crippen molar-refractivity contribution in [1.29, 1.82) is 0 Å². The van der Waals surface area contributed by atoms with Crippen LogP contribution in [0.1, 0.15) is 27.0 Å². The highest BCUT2D eigenvalue weighted by Gasteiger charge is 2.30. The van der Waals surface area contributed by atoms with Gasteiger partial charge < -0.3 is 5.11 Å². The lowest BCUT2D eigenvalue weighted by Gasteiger charge is -2.20. The molecule has 0 radical (unpaired) electrons. The summed E-state index contributed by atoms with van der Waals surface area (Å²) in [6.45, 7) is 2.42. The van der Waals surface area contributed by atoms with Gasteiger partial charge in [-0.15, -0.1) is 0 Å². The van der Waals surface area contributed by atoms with E-state index in [1.54, 1.807) is 38.4 Å². The second kappa shape index (κ2) is 6.03. The van der Waals surface area contributed by atoms with Crippen molar-refractivity contribution in [3.63, 3.8) is 0 Å². The molecular weight excluding hydrogens is 330 g/mol. The first kappa shape index (κ1) is 16.7. The Morgan fingerprint density at radius 3 is 2.46 bits per heavy atom. The van der Waals surface area contributed by atoms with E-state index in [1.165, 1.54) is 8.99 Å². The van der Waals surface area contributed by atoms with Crippen molar-refractivity contribution < 1.29 is 18.3 Å². The number of carboxylic acid groups (broad SMARTS) is 1. The third-order valence-electron chi connectivity index (χ3n) is 4.35. The summed E-state index contributed by atoms with van der Waals surface area (Å²) in [6.07, 6.45) is 2.59. The molecule has 0 bridgehead atoms. The molecule has 0 atom stereocenters. The van der Waals surface area contributed by atoms with E-state index in [4.69, 9.17) is 5.11 Å². The van der Waals surface area contributed by atoms with E-state index in [0.29, 0.717) is 31.5 Å². The Balaban J connectivity index is 1.90. The summed E-state index contributed by atoms with van der Waals surface area (Å²) in [5, 5.41) is 13.3. The molecule has 1 aliphatic rings. The van der Waals surface area contributed by atoms with Crippen molar-refractivity contribution in [3.8, 4) is 0 Å². The van der Waals surface area contributed by atoms with Gasteiger partial charge in [-0.3, -0.25) is 4.68 Å². The highest BCUT2D eigenvalue weighted by molar-refractivity contribution is 7.89. The van der Waals surface area contributed by atoms with Gasteiger partial charge in [-0.05, 0) is 43.0 Å². The maximum Gasteiger partial charge on any atom is 0.335 e. The predicted octanol–water partition coefficient (Wildman–Crippen LogP) is 1.22. The second-order valence-corrected chi connectivity index (χ2v) is 7.80. The largest absolute Gasteiger partial charge is 0.478 e. The number of carboxylic acids is 1. The van der Waals surface area contributed by atoms with Crippen LogP contribution in [0, 0.1) is 6.92 Å². The second-order valence-electron chi connectivity index (χ2n) is 5.95. The number of fused-ring (bicyclic) bond motifs is 1. The number of benzene rings is 1. The van der Waals surface area contributed by atoms with Gasteiger partial charge in [0.15, 0.2) is 5.03 Å². The molecule has 1 aliphatic heterocycles. The molecule has 0 unspecified atom stereocenters. The fraction of sp³-hybridized carbons (Fsp3) is 0.375. The average Bonchev–Trinajstić information content (AvgIpc) is 2.74. The lowest BCUT2D eigenvalue weighted by molar-refractivity contribution is 0.0696. The first-order valence-electron chi connectivity index (χ1n) is 7.64. The Bertz CT molecular complexity index is 883. The molecule has 1 N–H and O–H groups in total. The van der Waals surface area contributed by atoms with Gasteiger partial charge in [0.1, 0.15) is 0 Å². The number of carbonyl (C=O) groups is 1. The molecule has 0 fully saturated rings. The zero-order valence-electron chi connectivity index (χ0n) is 13.6. The summed E-state index contributed by atoms with van der Waals surface area (Å²) < 4.78 is 28.7. The molecule has 0 saturated carbocycles. The van der Waals surface area contributed by atoms with Crippen LogP contribution >= 0.6 is 0 Å². The van der Waals surface area contributed by atoms with Gasteiger partial charge in [0.2, 0.25) is 0 Å². The van der Waals surface area contributed by atoms with Gasteiger partial charge in [0.25, 0.3) is 10.0 Å². The number of nitrogens with zero attached hydrogens (tertiary/aromatic N) is 3. The van der Waals surface area contributed by atoms with E-state index in [0.717, 1.165) is 11.1 Å². The molecule has 1 aromatic heterocycles. The standard InChI is InChI=1S/C16H19N3O4S/c1-11-10-17-18(2)15(11)24(22,23)19-7-5-12-3-4-14(16(20)21)9-13(12)6-8-19/h3-4,9-10H,5-8H2,1-2H3,(H,20,21). The number of hydrogen-bond donors (Lipinski definition) is 1. The van der Waals surface area contributed by atoms with E-state index in [2.05, 4.69) is 5.10 Å². The summed E-state index contributed by atoms with van der Waals surface area (Å²) >= 11 is 0. The Labute approximate surface area is 140 Å². The number of hydrogen-bond acceptors (Lipinski definition) is 4. The summed E-state index contributed by atoms with van der Waals surface area (Å²) in [5.74, 6) is -0.975. The van der Waals surface area contributed by atoms with Crippen LogP contribution in [0.15, 0.2) is 29.4 Å². The fourth-order valence-corrected chi connectivity index (χ4v) is 4.86. The van der Waals surface area contributed by atoms with Gasteiger partial charge in [0, 0.05) is 25.7 Å². The normalized spacial score (nSPS) is 15.8. The molecule has 0 amide bonds. The predicted molar refractivity (Wildman–Crippen MR) is 87.5 cm³/mol. The maximum atomic E-state index is 12.9. The summed E-state index contributed by atoms with van der Waals surface area (Å²) in [6, 6.07) is 4.99. The first-order valence-corrected chi connectivity index (χ1v) is 9.08. The molecule has 0 spiro atoms. The van der Waals surface area contributed by atoms with Gasteiger partial charge in [-0.25, -0.2) is 13.2 Å². The number of rotatable bonds is 3. The number of aryl methyl sites for hydroxylation is 2.